The van der Waals surface area contributed by atoms with Crippen molar-refractivity contribution in [1.29, 1.82) is 0 Å². The number of nitrogens with two attached hydrogens (primary N) is 1. The summed E-state index contributed by atoms with van der Waals surface area (Å²) in [5, 5.41) is 6.83. The SMILES string of the molecule is C=CN1OC(CC(C)C)C(=O)N2CC(=O)N(CCC(=O)NC)CC12.CC(C)C.CCC.CN.CNC. The Bertz CT molecular complexity index is 596. The van der Waals surface area contributed by atoms with Gasteiger partial charge in [0.2, 0.25) is 11.8 Å². The van der Waals surface area contributed by atoms with E-state index in [4.69, 9.17) is 4.84 Å². The van der Waals surface area contributed by atoms with Crippen molar-refractivity contribution in [2.45, 2.75) is 80.0 Å². The van der Waals surface area contributed by atoms with Crippen LogP contribution in [0.2, 0.25) is 0 Å². The zero-order valence-electron chi connectivity index (χ0n) is 24.9. The van der Waals surface area contributed by atoms with Crippen LogP contribution < -0.4 is 16.4 Å². The van der Waals surface area contributed by atoms with Gasteiger partial charge in [0.15, 0.2) is 6.10 Å². The minimum absolute atomic E-state index is 0.000457. The van der Waals surface area contributed by atoms with Gasteiger partial charge < -0.3 is 26.2 Å². The standard InChI is InChI=1S/C16H26N4O4.C4H10.C3H8.C2H7N.CH5N/c1-5-20-14-9-18(7-6-13(21)17-4)15(22)10-19(14)16(23)12(24-20)8-11(2)3;1-4(2)3;2*1-3-2;1-2/h5,11-12,14H,1,6-10H2,2-4H3,(H,17,21);4H,1-3H3;3H2,1-2H3;3H,1-2H3;2H2,1H3. The van der Waals surface area contributed by atoms with Gasteiger partial charge >= 0.3 is 0 Å². The number of carbonyl (C=O) groups is 3. The molecule has 2 saturated heterocycles. The van der Waals surface area contributed by atoms with Crippen LogP contribution >= 0.6 is 0 Å². The van der Waals surface area contributed by atoms with Crippen LogP contribution in [-0.4, -0.2) is 92.7 Å². The summed E-state index contributed by atoms with van der Waals surface area (Å²) < 4.78 is 0. The molecular formula is C26H56N6O4. The van der Waals surface area contributed by atoms with E-state index in [1.54, 1.807) is 21.9 Å². The van der Waals surface area contributed by atoms with E-state index >= 15 is 0 Å². The number of hydrogen-bond acceptors (Lipinski definition) is 7. The summed E-state index contributed by atoms with van der Waals surface area (Å²) in [6.45, 7) is 19.1. The summed E-state index contributed by atoms with van der Waals surface area (Å²) >= 11 is 0. The fourth-order valence-electron chi connectivity index (χ4n) is 2.95. The van der Waals surface area contributed by atoms with Gasteiger partial charge in [0.1, 0.15) is 12.7 Å². The molecule has 2 heterocycles. The van der Waals surface area contributed by atoms with Gasteiger partial charge in [-0.1, -0.05) is 61.5 Å². The Labute approximate surface area is 220 Å². The number of hydroxylamine groups is 2. The van der Waals surface area contributed by atoms with E-state index in [0.29, 0.717) is 25.4 Å². The number of hydrogen-bond donors (Lipinski definition) is 3. The third-order valence-corrected chi connectivity index (χ3v) is 4.26. The lowest BCUT2D eigenvalue weighted by Crippen LogP contribution is -2.68. The Balaban J connectivity index is -0.000000768. The lowest BCUT2D eigenvalue weighted by Gasteiger charge is -2.49. The topological polar surface area (TPSA) is 120 Å². The average molecular weight is 517 g/mol. The molecule has 0 aromatic rings. The molecule has 2 rings (SSSR count). The van der Waals surface area contributed by atoms with Crippen LogP contribution in [0.25, 0.3) is 0 Å². The van der Waals surface area contributed by atoms with Gasteiger partial charge in [0.25, 0.3) is 5.91 Å². The molecule has 2 fully saturated rings. The first-order valence-electron chi connectivity index (χ1n) is 13.0. The Morgan fingerprint density at radius 1 is 1.14 bits per heavy atom. The maximum atomic E-state index is 12.6. The normalized spacial score (nSPS) is 18.3. The molecule has 0 aromatic carbocycles. The van der Waals surface area contributed by atoms with E-state index in [2.05, 4.69) is 57.6 Å². The molecule has 2 atom stereocenters. The maximum Gasteiger partial charge on any atom is 0.256 e. The van der Waals surface area contributed by atoms with Crippen LogP contribution in [0.3, 0.4) is 0 Å². The fourth-order valence-corrected chi connectivity index (χ4v) is 2.95. The zero-order chi connectivity index (χ0) is 28.8. The molecule has 10 heteroatoms. The van der Waals surface area contributed by atoms with Crippen LogP contribution in [0.1, 0.15) is 67.7 Å². The molecule has 0 saturated carbocycles. The summed E-state index contributed by atoms with van der Waals surface area (Å²) in [6, 6.07) is 0. The molecule has 4 N–H and O–H groups in total. The maximum absolute atomic E-state index is 12.6. The van der Waals surface area contributed by atoms with E-state index in [1.165, 1.54) is 19.7 Å². The quantitative estimate of drug-likeness (QED) is 0.496. The Kier molecular flexibility index (Phi) is 24.8. The fraction of sp³-hybridized carbons (Fsp3) is 0.808. The second-order valence-corrected chi connectivity index (χ2v) is 9.41. The van der Waals surface area contributed by atoms with Gasteiger partial charge in [-0.2, -0.15) is 0 Å². The highest BCUT2D eigenvalue weighted by Gasteiger charge is 2.45. The number of rotatable bonds is 6. The minimum atomic E-state index is -0.593. The highest BCUT2D eigenvalue weighted by Crippen LogP contribution is 2.26. The number of nitrogens with one attached hydrogen (secondary N) is 2. The molecule has 0 bridgehead atoms. The summed E-state index contributed by atoms with van der Waals surface area (Å²) in [7, 11) is 6.81. The monoisotopic (exact) mass is 516 g/mol. The highest BCUT2D eigenvalue weighted by atomic mass is 16.7. The predicted molar refractivity (Wildman–Crippen MR) is 149 cm³/mol. The van der Waals surface area contributed by atoms with Crippen LogP contribution in [0.5, 0.6) is 0 Å². The van der Waals surface area contributed by atoms with Crippen molar-refractivity contribution in [3.8, 4) is 0 Å². The smallest absolute Gasteiger partial charge is 0.256 e. The molecule has 0 radical (unpaired) electrons. The molecular weight excluding hydrogens is 460 g/mol. The van der Waals surface area contributed by atoms with E-state index in [-0.39, 0.29) is 30.7 Å². The largest absolute Gasteiger partial charge is 0.359 e. The Morgan fingerprint density at radius 2 is 1.61 bits per heavy atom. The molecule has 0 spiro atoms. The van der Waals surface area contributed by atoms with Crippen LogP contribution in [0.15, 0.2) is 12.8 Å². The molecule has 36 heavy (non-hydrogen) atoms. The summed E-state index contributed by atoms with van der Waals surface area (Å²) in [5.74, 6) is 0.689. The summed E-state index contributed by atoms with van der Waals surface area (Å²) in [4.78, 5) is 45.3. The first-order chi connectivity index (χ1) is 16.9. The molecule has 0 aliphatic carbocycles. The summed E-state index contributed by atoms with van der Waals surface area (Å²) in [6.07, 6.45) is 2.60. The molecule has 214 valence electrons. The third kappa shape index (κ3) is 16.5. The van der Waals surface area contributed by atoms with E-state index in [0.717, 1.165) is 5.92 Å². The Morgan fingerprint density at radius 3 is 2.00 bits per heavy atom. The number of piperazine rings is 1. The molecule has 0 aromatic heterocycles. The molecule has 2 aliphatic rings. The van der Waals surface area contributed by atoms with E-state index < -0.39 is 12.3 Å². The number of carbonyl (C=O) groups excluding carboxylic acids is 3. The van der Waals surface area contributed by atoms with E-state index in [1.807, 2.05) is 27.9 Å². The second kappa shape index (κ2) is 23.2. The minimum Gasteiger partial charge on any atom is -0.359 e. The number of amides is 3. The number of nitrogens with zero attached hydrogens (tertiary/aromatic N) is 3. The van der Waals surface area contributed by atoms with Gasteiger partial charge in [-0.3, -0.25) is 19.2 Å². The molecule has 2 aliphatic heterocycles. The average Bonchev–Trinajstić information content (AvgIpc) is 2.81. The van der Waals surface area contributed by atoms with Gasteiger partial charge in [0, 0.05) is 26.2 Å². The van der Waals surface area contributed by atoms with Gasteiger partial charge in [0.05, 0.1) is 6.54 Å². The van der Waals surface area contributed by atoms with Crippen molar-refractivity contribution in [2.75, 3.05) is 47.8 Å². The first kappa shape index (κ1) is 38.4. The van der Waals surface area contributed by atoms with Gasteiger partial charge in [-0.15, -0.1) is 0 Å². The lowest BCUT2D eigenvalue weighted by molar-refractivity contribution is -0.260. The molecule has 3 amide bonds. The van der Waals surface area contributed by atoms with E-state index in [9.17, 15) is 14.4 Å². The van der Waals surface area contributed by atoms with Crippen molar-refractivity contribution < 1.29 is 19.2 Å². The van der Waals surface area contributed by atoms with Crippen LogP contribution in [-0.2, 0) is 19.2 Å². The molecule has 10 nitrogen and oxygen atoms in total. The lowest BCUT2D eigenvalue weighted by atomic mass is 10.0. The van der Waals surface area contributed by atoms with Crippen LogP contribution in [0.4, 0.5) is 0 Å². The number of fused-ring (bicyclic) bond motifs is 1. The second-order valence-electron chi connectivity index (χ2n) is 9.41. The van der Waals surface area contributed by atoms with Crippen molar-refractivity contribution in [3.05, 3.63) is 12.8 Å². The van der Waals surface area contributed by atoms with Crippen LogP contribution in [0, 0.1) is 11.8 Å². The van der Waals surface area contributed by atoms with Crippen molar-refractivity contribution in [1.82, 2.24) is 25.5 Å². The highest BCUT2D eigenvalue weighted by molar-refractivity contribution is 5.89. The van der Waals surface area contributed by atoms with Gasteiger partial charge in [-0.05, 0) is 39.4 Å². The summed E-state index contributed by atoms with van der Waals surface area (Å²) in [5.41, 5.74) is 4.50. The van der Waals surface area contributed by atoms with Crippen molar-refractivity contribution in [2.24, 2.45) is 17.6 Å². The van der Waals surface area contributed by atoms with Crippen molar-refractivity contribution in [3.63, 3.8) is 0 Å². The third-order valence-electron chi connectivity index (χ3n) is 4.26. The first-order valence-corrected chi connectivity index (χ1v) is 13.0. The Hall–Kier alpha value is -2.17. The van der Waals surface area contributed by atoms with Crippen molar-refractivity contribution >= 4 is 17.7 Å². The molecule has 2 unspecified atom stereocenters. The predicted octanol–water partition coefficient (Wildman–Crippen LogP) is 2.41. The van der Waals surface area contributed by atoms with Gasteiger partial charge in [-0.25, -0.2) is 5.06 Å². The zero-order valence-corrected chi connectivity index (χ0v) is 24.9.